The predicted molar refractivity (Wildman–Crippen MR) is 69.3 cm³/mol. The lowest BCUT2D eigenvalue weighted by molar-refractivity contribution is -0.120. The number of likely N-dealkylation sites (tertiary alicyclic amines) is 1. The van der Waals surface area contributed by atoms with Crippen molar-refractivity contribution in [2.45, 2.75) is 33.3 Å². The van der Waals surface area contributed by atoms with Gasteiger partial charge in [0, 0.05) is 19.0 Å². The fourth-order valence-electron chi connectivity index (χ4n) is 1.96. The first kappa shape index (κ1) is 14.5. The molecule has 2 atom stereocenters. The highest BCUT2D eigenvalue weighted by Gasteiger charge is 2.37. The third-order valence-electron chi connectivity index (χ3n) is 2.81. The van der Waals surface area contributed by atoms with E-state index in [0.717, 1.165) is 0 Å². The van der Waals surface area contributed by atoms with E-state index in [2.05, 4.69) is 15.9 Å². The monoisotopic (exact) mass is 305 g/mol. The van der Waals surface area contributed by atoms with Gasteiger partial charge in [0.15, 0.2) is 0 Å². The van der Waals surface area contributed by atoms with Crippen LogP contribution in [0.4, 0.5) is 4.79 Å². The molecule has 4 nitrogen and oxygen atoms in total. The normalized spacial score (nSPS) is 24.9. The number of hydrogen-bond acceptors (Lipinski definition) is 3. The molecule has 0 aromatic carbocycles. The van der Waals surface area contributed by atoms with Crippen LogP contribution in [0.1, 0.15) is 27.7 Å². The maximum Gasteiger partial charge on any atom is 0.410 e. The highest BCUT2D eigenvalue weighted by atomic mass is 79.9. The molecule has 1 fully saturated rings. The summed E-state index contributed by atoms with van der Waals surface area (Å²) in [5.74, 6) is 0.290. The fraction of sp³-hybridized carbons (Fsp3) is 0.833. The summed E-state index contributed by atoms with van der Waals surface area (Å²) in [4.78, 5) is 25.1. The van der Waals surface area contributed by atoms with Gasteiger partial charge < -0.3 is 9.64 Å². The van der Waals surface area contributed by atoms with Crippen molar-refractivity contribution in [3.8, 4) is 0 Å². The van der Waals surface area contributed by atoms with Crippen molar-refractivity contribution in [3.63, 3.8) is 0 Å². The molecule has 5 heteroatoms. The van der Waals surface area contributed by atoms with Crippen LogP contribution in [0.2, 0.25) is 0 Å². The van der Waals surface area contributed by atoms with Gasteiger partial charge in [0.25, 0.3) is 0 Å². The minimum atomic E-state index is -0.488. The highest BCUT2D eigenvalue weighted by molar-refractivity contribution is 9.09. The number of carbonyl (C=O) groups is 2. The zero-order valence-corrected chi connectivity index (χ0v) is 12.4. The summed E-state index contributed by atoms with van der Waals surface area (Å²) < 4.78 is 5.30. The van der Waals surface area contributed by atoms with Crippen molar-refractivity contribution >= 4 is 27.8 Å². The van der Waals surface area contributed by atoms with Gasteiger partial charge in [0.1, 0.15) is 11.4 Å². The molecule has 0 aliphatic carbocycles. The van der Waals surface area contributed by atoms with E-state index in [-0.39, 0.29) is 23.7 Å². The highest BCUT2D eigenvalue weighted by Crippen LogP contribution is 2.25. The van der Waals surface area contributed by atoms with E-state index < -0.39 is 5.60 Å². The Morgan fingerprint density at radius 2 is 1.94 bits per heavy atom. The van der Waals surface area contributed by atoms with E-state index in [0.29, 0.717) is 18.4 Å². The standard InChI is InChI=1S/C12H20BrNO3/c1-8-6-14(7-9(8)10(15)5-13)11(16)17-12(2,3)4/h8-9H,5-7H2,1-4H3/t8-,9-/m1/s1. The summed E-state index contributed by atoms with van der Waals surface area (Å²) in [6, 6.07) is 0. The van der Waals surface area contributed by atoms with Gasteiger partial charge in [-0.25, -0.2) is 4.79 Å². The molecule has 1 rings (SSSR count). The summed E-state index contributed by atoms with van der Waals surface area (Å²) in [5, 5.41) is 0.351. The summed E-state index contributed by atoms with van der Waals surface area (Å²) in [7, 11) is 0. The molecule has 1 aliphatic rings. The lowest BCUT2D eigenvalue weighted by atomic mass is 9.95. The molecule has 1 heterocycles. The maximum absolute atomic E-state index is 11.8. The molecular formula is C12H20BrNO3. The third kappa shape index (κ3) is 3.98. The maximum atomic E-state index is 11.8. The number of nitrogens with zero attached hydrogens (tertiary/aromatic N) is 1. The van der Waals surface area contributed by atoms with E-state index in [1.807, 2.05) is 27.7 Å². The van der Waals surface area contributed by atoms with Gasteiger partial charge in [-0.1, -0.05) is 22.9 Å². The molecule has 17 heavy (non-hydrogen) atoms. The fourth-order valence-corrected chi connectivity index (χ4v) is 2.38. The SMILES string of the molecule is C[C@@H]1CN(C(=O)OC(C)(C)C)C[C@H]1C(=O)CBr. The number of amides is 1. The second kappa shape index (κ2) is 5.38. The summed E-state index contributed by atoms with van der Waals surface area (Å²) in [6.07, 6.45) is -0.325. The predicted octanol–water partition coefficient (Wildman–Crippen LogP) is 2.45. The summed E-state index contributed by atoms with van der Waals surface area (Å²) >= 11 is 3.17. The van der Waals surface area contributed by atoms with Crippen LogP contribution >= 0.6 is 15.9 Å². The summed E-state index contributed by atoms with van der Waals surface area (Å²) in [5.41, 5.74) is -0.488. The molecule has 0 aromatic rings. The number of Topliss-reactive ketones (excluding diaryl/α,β-unsaturated/α-hetero) is 1. The molecule has 1 aliphatic heterocycles. The molecule has 0 saturated carbocycles. The van der Waals surface area contributed by atoms with Gasteiger partial charge in [-0.15, -0.1) is 0 Å². The van der Waals surface area contributed by atoms with Gasteiger partial charge in [-0.3, -0.25) is 4.79 Å². The molecular weight excluding hydrogens is 286 g/mol. The molecule has 1 amide bonds. The van der Waals surface area contributed by atoms with Crippen LogP contribution in [-0.2, 0) is 9.53 Å². The number of ketones is 1. The van der Waals surface area contributed by atoms with Crippen LogP contribution in [0, 0.1) is 11.8 Å². The zero-order chi connectivity index (χ0) is 13.2. The number of carbonyl (C=O) groups excluding carboxylic acids is 2. The number of hydrogen-bond donors (Lipinski definition) is 0. The van der Waals surface area contributed by atoms with E-state index in [9.17, 15) is 9.59 Å². The van der Waals surface area contributed by atoms with Crippen LogP contribution in [0.25, 0.3) is 0 Å². The van der Waals surface area contributed by atoms with Gasteiger partial charge >= 0.3 is 6.09 Å². The Labute approximate surface area is 111 Å². The van der Waals surface area contributed by atoms with Crippen LogP contribution < -0.4 is 0 Å². The molecule has 98 valence electrons. The minimum Gasteiger partial charge on any atom is -0.444 e. The first-order valence-corrected chi connectivity index (χ1v) is 6.93. The smallest absolute Gasteiger partial charge is 0.410 e. The second-order valence-corrected chi connectivity index (χ2v) is 6.13. The molecule has 0 unspecified atom stereocenters. The molecule has 0 radical (unpaired) electrons. The van der Waals surface area contributed by atoms with Gasteiger partial charge in [-0.05, 0) is 26.7 Å². The lowest BCUT2D eigenvalue weighted by Crippen LogP contribution is -2.36. The van der Waals surface area contributed by atoms with Crippen molar-refractivity contribution in [2.75, 3.05) is 18.4 Å². The average molecular weight is 306 g/mol. The number of alkyl halides is 1. The molecule has 0 spiro atoms. The van der Waals surface area contributed by atoms with Gasteiger partial charge in [0.2, 0.25) is 0 Å². The Morgan fingerprint density at radius 1 is 1.35 bits per heavy atom. The van der Waals surface area contributed by atoms with Crippen molar-refractivity contribution in [2.24, 2.45) is 11.8 Å². The number of ether oxygens (including phenoxy) is 1. The molecule has 1 saturated heterocycles. The molecule has 0 bridgehead atoms. The Balaban J connectivity index is 2.60. The Bertz CT molecular complexity index is 311. The first-order chi connectivity index (χ1) is 7.74. The Hall–Kier alpha value is -0.580. The van der Waals surface area contributed by atoms with E-state index in [1.54, 1.807) is 4.90 Å². The van der Waals surface area contributed by atoms with Crippen LogP contribution in [0.15, 0.2) is 0 Å². The van der Waals surface area contributed by atoms with Crippen molar-refractivity contribution in [3.05, 3.63) is 0 Å². The first-order valence-electron chi connectivity index (χ1n) is 5.81. The Kier molecular flexibility index (Phi) is 4.58. The van der Waals surface area contributed by atoms with E-state index in [1.165, 1.54) is 0 Å². The van der Waals surface area contributed by atoms with Gasteiger partial charge in [0.05, 0.1) is 5.33 Å². The van der Waals surface area contributed by atoms with Gasteiger partial charge in [-0.2, -0.15) is 0 Å². The van der Waals surface area contributed by atoms with Crippen molar-refractivity contribution < 1.29 is 14.3 Å². The van der Waals surface area contributed by atoms with Crippen molar-refractivity contribution in [1.29, 1.82) is 0 Å². The van der Waals surface area contributed by atoms with E-state index >= 15 is 0 Å². The molecule has 0 aromatic heterocycles. The van der Waals surface area contributed by atoms with Crippen molar-refractivity contribution in [1.82, 2.24) is 4.90 Å². The quantitative estimate of drug-likeness (QED) is 0.736. The van der Waals surface area contributed by atoms with E-state index in [4.69, 9.17) is 4.74 Å². The second-order valence-electron chi connectivity index (χ2n) is 5.57. The van der Waals surface area contributed by atoms with Crippen LogP contribution in [-0.4, -0.2) is 40.8 Å². The molecule has 0 N–H and O–H groups in total. The number of rotatable bonds is 2. The topological polar surface area (TPSA) is 46.6 Å². The largest absolute Gasteiger partial charge is 0.444 e. The zero-order valence-electron chi connectivity index (χ0n) is 10.8. The lowest BCUT2D eigenvalue weighted by Gasteiger charge is -2.24. The Morgan fingerprint density at radius 3 is 2.41 bits per heavy atom. The average Bonchev–Trinajstić information content (AvgIpc) is 2.57. The van der Waals surface area contributed by atoms with Crippen LogP contribution in [0.5, 0.6) is 0 Å². The third-order valence-corrected chi connectivity index (χ3v) is 3.36. The minimum absolute atomic E-state index is 0.0677. The number of halogens is 1. The van der Waals surface area contributed by atoms with Crippen LogP contribution in [0.3, 0.4) is 0 Å². The summed E-state index contributed by atoms with van der Waals surface area (Å²) in [6.45, 7) is 8.58.